The molecule has 0 bridgehead atoms. The van der Waals surface area contributed by atoms with E-state index in [9.17, 15) is 4.79 Å². The smallest absolute Gasteiger partial charge is 0.246 e. The van der Waals surface area contributed by atoms with Crippen LogP contribution >= 0.6 is 0 Å². The van der Waals surface area contributed by atoms with Gasteiger partial charge in [0.2, 0.25) is 11.7 Å². The number of carbonyl (C=O) groups is 1. The summed E-state index contributed by atoms with van der Waals surface area (Å²) in [4.78, 5) is 16.0. The highest BCUT2D eigenvalue weighted by Crippen LogP contribution is 2.30. The molecule has 1 amide bonds. The lowest BCUT2D eigenvalue weighted by Crippen LogP contribution is -2.48. The van der Waals surface area contributed by atoms with E-state index >= 15 is 0 Å². The number of piperidine rings is 1. The van der Waals surface area contributed by atoms with Crippen LogP contribution in [0.5, 0.6) is 11.5 Å². The van der Waals surface area contributed by atoms with Crippen LogP contribution < -0.4 is 9.47 Å². The first kappa shape index (κ1) is 18.2. The Kier molecular flexibility index (Phi) is 5.39. The third-order valence-electron chi connectivity index (χ3n) is 4.85. The van der Waals surface area contributed by atoms with Crippen LogP contribution in [-0.4, -0.2) is 57.3 Å². The van der Waals surface area contributed by atoms with Gasteiger partial charge in [0.05, 0.1) is 14.2 Å². The van der Waals surface area contributed by atoms with Crippen molar-refractivity contribution in [2.24, 2.45) is 0 Å². The maximum Gasteiger partial charge on any atom is 0.246 e. The Bertz CT molecular complexity index is 766. The molecule has 3 rings (SSSR count). The molecule has 0 unspecified atom stereocenters. The van der Waals surface area contributed by atoms with Crippen molar-refractivity contribution < 1.29 is 14.3 Å². The first-order valence-electron chi connectivity index (χ1n) is 8.85. The predicted molar refractivity (Wildman–Crippen MR) is 96.0 cm³/mol. The lowest BCUT2D eigenvalue weighted by Gasteiger charge is -2.38. The van der Waals surface area contributed by atoms with E-state index in [2.05, 4.69) is 29.3 Å². The van der Waals surface area contributed by atoms with Crippen molar-refractivity contribution in [2.75, 3.05) is 14.2 Å². The molecule has 1 fully saturated rings. The minimum atomic E-state index is 0.0287. The highest BCUT2D eigenvalue weighted by Gasteiger charge is 2.29. The SMILES string of the molecule is COc1ccc(-c2nnn(CC(=O)N3[C@@H](C)CCC[C@@H]3C)n2)cc1OC. The first-order valence-corrected chi connectivity index (χ1v) is 8.85. The van der Waals surface area contributed by atoms with Gasteiger partial charge in [-0.2, -0.15) is 4.80 Å². The molecule has 8 heteroatoms. The van der Waals surface area contributed by atoms with E-state index in [1.165, 1.54) is 4.80 Å². The fourth-order valence-electron chi connectivity index (χ4n) is 3.52. The van der Waals surface area contributed by atoms with Gasteiger partial charge in [0.25, 0.3) is 0 Å². The van der Waals surface area contributed by atoms with Crippen LogP contribution in [0.15, 0.2) is 18.2 Å². The molecule has 0 aliphatic carbocycles. The molecule has 2 heterocycles. The zero-order valence-corrected chi connectivity index (χ0v) is 15.7. The van der Waals surface area contributed by atoms with Crippen LogP contribution in [0.2, 0.25) is 0 Å². The van der Waals surface area contributed by atoms with Crippen molar-refractivity contribution in [2.45, 2.75) is 51.7 Å². The first-order chi connectivity index (χ1) is 12.5. The topological polar surface area (TPSA) is 82.4 Å². The summed E-state index contributed by atoms with van der Waals surface area (Å²) >= 11 is 0. The number of hydrogen-bond donors (Lipinski definition) is 0. The average Bonchev–Trinajstić information content (AvgIpc) is 3.09. The second-order valence-corrected chi connectivity index (χ2v) is 6.64. The number of rotatable bonds is 5. The molecule has 1 aromatic heterocycles. The molecule has 2 aromatic rings. The fourth-order valence-corrected chi connectivity index (χ4v) is 3.52. The Labute approximate surface area is 153 Å². The number of benzene rings is 1. The largest absolute Gasteiger partial charge is 0.493 e. The molecule has 0 saturated carbocycles. The van der Waals surface area contributed by atoms with Crippen LogP contribution in [0.4, 0.5) is 0 Å². The van der Waals surface area contributed by atoms with Crippen molar-refractivity contribution in [1.82, 2.24) is 25.1 Å². The van der Waals surface area contributed by atoms with Crippen molar-refractivity contribution in [3.63, 3.8) is 0 Å². The van der Waals surface area contributed by atoms with E-state index in [0.29, 0.717) is 17.3 Å². The van der Waals surface area contributed by atoms with E-state index in [0.717, 1.165) is 24.8 Å². The molecule has 1 saturated heterocycles. The van der Waals surface area contributed by atoms with Crippen molar-refractivity contribution >= 4 is 5.91 Å². The van der Waals surface area contributed by atoms with Gasteiger partial charge in [0.1, 0.15) is 6.54 Å². The Morgan fingerprint density at radius 3 is 2.50 bits per heavy atom. The van der Waals surface area contributed by atoms with Crippen LogP contribution in [0.1, 0.15) is 33.1 Å². The number of aromatic nitrogens is 4. The molecular formula is C18H25N5O3. The van der Waals surface area contributed by atoms with Gasteiger partial charge < -0.3 is 14.4 Å². The molecule has 8 nitrogen and oxygen atoms in total. The van der Waals surface area contributed by atoms with E-state index < -0.39 is 0 Å². The number of ether oxygens (including phenoxy) is 2. The average molecular weight is 359 g/mol. The molecular weight excluding hydrogens is 334 g/mol. The predicted octanol–water partition coefficient (Wildman–Crippen LogP) is 2.15. The summed E-state index contributed by atoms with van der Waals surface area (Å²) in [5, 5.41) is 12.4. The number of hydrogen-bond acceptors (Lipinski definition) is 6. The summed E-state index contributed by atoms with van der Waals surface area (Å²) in [6, 6.07) is 5.91. The second-order valence-electron chi connectivity index (χ2n) is 6.64. The molecule has 0 spiro atoms. The van der Waals surface area contributed by atoms with E-state index in [1.54, 1.807) is 26.4 Å². The third-order valence-corrected chi connectivity index (χ3v) is 4.85. The third kappa shape index (κ3) is 3.63. The molecule has 0 N–H and O–H groups in total. The molecule has 1 aliphatic heterocycles. The number of likely N-dealkylation sites (tertiary alicyclic amines) is 1. The molecule has 26 heavy (non-hydrogen) atoms. The zero-order valence-electron chi connectivity index (χ0n) is 15.7. The Hall–Kier alpha value is -2.64. The number of nitrogens with zero attached hydrogens (tertiary/aromatic N) is 5. The highest BCUT2D eigenvalue weighted by atomic mass is 16.5. The van der Waals surface area contributed by atoms with Gasteiger partial charge >= 0.3 is 0 Å². The van der Waals surface area contributed by atoms with E-state index in [4.69, 9.17) is 9.47 Å². The van der Waals surface area contributed by atoms with Gasteiger partial charge in [-0.05, 0) is 56.5 Å². The summed E-state index contributed by atoms with van der Waals surface area (Å²) in [7, 11) is 3.16. The summed E-state index contributed by atoms with van der Waals surface area (Å²) in [5.74, 6) is 1.69. The van der Waals surface area contributed by atoms with Gasteiger partial charge in [0, 0.05) is 17.6 Å². The van der Waals surface area contributed by atoms with E-state index in [-0.39, 0.29) is 24.5 Å². The van der Waals surface area contributed by atoms with Crippen LogP contribution in [0, 0.1) is 0 Å². The van der Waals surface area contributed by atoms with Crippen molar-refractivity contribution in [3.8, 4) is 22.9 Å². The van der Waals surface area contributed by atoms with Gasteiger partial charge in [-0.3, -0.25) is 4.79 Å². The monoisotopic (exact) mass is 359 g/mol. The number of carbonyl (C=O) groups excluding carboxylic acids is 1. The number of tetrazole rings is 1. The van der Waals surface area contributed by atoms with Crippen LogP contribution in [0.25, 0.3) is 11.4 Å². The normalized spacial score (nSPS) is 20.1. The van der Waals surface area contributed by atoms with Crippen LogP contribution in [0.3, 0.4) is 0 Å². The quantitative estimate of drug-likeness (QED) is 0.813. The molecule has 2 atom stereocenters. The Morgan fingerprint density at radius 2 is 1.85 bits per heavy atom. The molecule has 140 valence electrons. The zero-order chi connectivity index (χ0) is 18.7. The summed E-state index contributed by atoms with van der Waals surface area (Å²) in [5.41, 5.74) is 0.751. The summed E-state index contributed by atoms with van der Waals surface area (Å²) in [6.07, 6.45) is 3.24. The number of amides is 1. The maximum atomic E-state index is 12.7. The maximum absolute atomic E-state index is 12.7. The molecule has 0 radical (unpaired) electrons. The van der Waals surface area contributed by atoms with Gasteiger partial charge in [-0.15, -0.1) is 10.2 Å². The summed E-state index contributed by atoms with van der Waals surface area (Å²) < 4.78 is 10.5. The summed E-state index contributed by atoms with van der Waals surface area (Å²) in [6.45, 7) is 4.28. The van der Waals surface area contributed by atoms with Gasteiger partial charge in [-0.1, -0.05) is 0 Å². The van der Waals surface area contributed by atoms with E-state index in [1.807, 2.05) is 11.0 Å². The fraction of sp³-hybridized carbons (Fsp3) is 0.556. The van der Waals surface area contributed by atoms with Crippen molar-refractivity contribution in [3.05, 3.63) is 18.2 Å². The Morgan fingerprint density at radius 1 is 1.15 bits per heavy atom. The lowest BCUT2D eigenvalue weighted by molar-refractivity contribution is -0.138. The standard InChI is InChI=1S/C18H25N5O3/c1-12-6-5-7-13(2)23(12)17(24)11-22-20-18(19-21-22)14-8-9-15(25-3)16(10-14)26-4/h8-10,12-13H,5-7,11H2,1-4H3/t12-,13-/m0/s1. The highest BCUT2D eigenvalue weighted by molar-refractivity contribution is 5.76. The minimum absolute atomic E-state index is 0.0287. The lowest BCUT2D eigenvalue weighted by atomic mass is 9.97. The molecule has 1 aromatic carbocycles. The minimum Gasteiger partial charge on any atom is -0.493 e. The second kappa shape index (κ2) is 7.72. The molecule has 1 aliphatic rings. The Balaban J connectivity index is 1.75. The van der Waals surface area contributed by atoms with Crippen LogP contribution in [-0.2, 0) is 11.3 Å². The van der Waals surface area contributed by atoms with Gasteiger partial charge in [0.15, 0.2) is 11.5 Å². The number of methoxy groups -OCH3 is 2. The van der Waals surface area contributed by atoms with Gasteiger partial charge in [-0.25, -0.2) is 0 Å². The van der Waals surface area contributed by atoms with Crippen molar-refractivity contribution in [1.29, 1.82) is 0 Å².